The van der Waals surface area contributed by atoms with Crippen molar-refractivity contribution in [3.63, 3.8) is 0 Å². The molecule has 0 radical (unpaired) electrons. The topological polar surface area (TPSA) is 55.4 Å². The standard InChI is InChI=1S/C12H14ClNO3/c1-3-11(15)14-8-5-6-10(13)9(7-8)12(16)17-4-2/h5-7H,3-4H2,1-2H3,(H,14,15). The molecule has 0 saturated carbocycles. The normalized spacial score (nSPS) is 9.82. The molecule has 1 aromatic rings. The van der Waals surface area contributed by atoms with Gasteiger partial charge in [0.05, 0.1) is 17.2 Å². The molecular weight excluding hydrogens is 242 g/mol. The molecule has 0 aliphatic carbocycles. The molecule has 92 valence electrons. The van der Waals surface area contributed by atoms with Crippen LogP contribution in [0.25, 0.3) is 0 Å². The van der Waals surface area contributed by atoms with E-state index in [1.807, 2.05) is 0 Å². The molecule has 0 spiro atoms. The average Bonchev–Trinajstić information content (AvgIpc) is 2.31. The Labute approximate surface area is 105 Å². The fourth-order valence-electron chi connectivity index (χ4n) is 1.22. The minimum Gasteiger partial charge on any atom is -0.462 e. The number of esters is 1. The zero-order chi connectivity index (χ0) is 12.8. The van der Waals surface area contributed by atoms with Crippen LogP contribution in [0.5, 0.6) is 0 Å². The third-order valence-corrected chi connectivity index (χ3v) is 2.40. The number of benzene rings is 1. The predicted octanol–water partition coefficient (Wildman–Crippen LogP) is 2.87. The second-order valence-corrected chi connectivity index (χ2v) is 3.72. The maximum absolute atomic E-state index is 11.6. The fraction of sp³-hybridized carbons (Fsp3) is 0.333. The Morgan fingerprint density at radius 3 is 2.65 bits per heavy atom. The molecule has 17 heavy (non-hydrogen) atoms. The second kappa shape index (κ2) is 6.25. The highest BCUT2D eigenvalue weighted by atomic mass is 35.5. The van der Waals surface area contributed by atoms with Gasteiger partial charge in [0.15, 0.2) is 0 Å². The van der Waals surface area contributed by atoms with Gasteiger partial charge >= 0.3 is 5.97 Å². The van der Waals surface area contributed by atoms with E-state index in [4.69, 9.17) is 16.3 Å². The molecule has 0 fully saturated rings. The van der Waals surface area contributed by atoms with Crippen LogP contribution in [0.3, 0.4) is 0 Å². The number of carbonyl (C=O) groups is 2. The molecule has 1 N–H and O–H groups in total. The smallest absolute Gasteiger partial charge is 0.339 e. The molecule has 1 rings (SSSR count). The van der Waals surface area contributed by atoms with Crippen molar-refractivity contribution in [2.75, 3.05) is 11.9 Å². The molecule has 0 heterocycles. The lowest BCUT2D eigenvalue weighted by Crippen LogP contribution is -2.11. The molecule has 5 heteroatoms. The number of carbonyl (C=O) groups excluding carboxylic acids is 2. The van der Waals surface area contributed by atoms with E-state index in [0.717, 1.165) is 0 Å². The van der Waals surface area contributed by atoms with Crippen LogP contribution in [0.2, 0.25) is 5.02 Å². The van der Waals surface area contributed by atoms with Crippen LogP contribution in [0.15, 0.2) is 18.2 Å². The Hall–Kier alpha value is -1.55. The average molecular weight is 256 g/mol. The molecule has 0 unspecified atom stereocenters. The number of halogens is 1. The van der Waals surface area contributed by atoms with E-state index in [2.05, 4.69) is 5.32 Å². The molecule has 4 nitrogen and oxygen atoms in total. The van der Waals surface area contributed by atoms with E-state index in [0.29, 0.717) is 17.1 Å². The highest BCUT2D eigenvalue weighted by molar-refractivity contribution is 6.33. The predicted molar refractivity (Wildman–Crippen MR) is 66.3 cm³/mol. The molecule has 0 bridgehead atoms. The summed E-state index contributed by atoms with van der Waals surface area (Å²) in [5.74, 6) is -0.618. The summed E-state index contributed by atoms with van der Waals surface area (Å²) < 4.78 is 4.86. The Kier molecular flexibility index (Phi) is 4.97. The van der Waals surface area contributed by atoms with Crippen molar-refractivity contribution >= 4 is 29.2 Å². The summed E-state index contributed by atoms with van der Waals surface area (Å²) in [7, 11) is 0. The quantitative estimate of drug-likeness (QED) is 0.842. The van der Waals surface area contributed by atoms with Crippen molar-refractivity contribution in [3.05, 3.63) is 28.8 Å². The first kappa shape index (κ1) is 13.5. The summed E-state index contributed by atoms with van der Waals surface area (Å²) in [6.07, 6.45) is 0.372. The van der Waals surface area contributed by atoms with Gasteiger partial charge in [0.2, 0.25) is 5.91 Å². The SMILES string of the molecule is CCOC(=O)c1cc(NC(=O)CC)ccc1Cl. The number of nitrogens with one attached hydrogen (secondary N) is 1. The Morgan fingerprint density at radius 1 is 1.35 bits per heavy atom. The number of hydrogen-bond donors (Lipinski definition) is 1. The van der Waals surface area contributed by atoms with Crippen molar-refractivity contribution in [2.45, 2.75) is 20.3 Å². The third-order valence-electron chi connectivity index (χ3n) is 2.07. The van der Waals surface area contributed by atoms with E-state index >= 15 is 0 Å². The molecule has 0 aromatic heterocycles. The third kappa shape index (κ3) is 3.75. The number of ether oxygens (including phenoxy) is 1. The molecule has 1 amide bonds. The van der Waals surface area contributed by atoms with Crippen LogP contribution in [-0.4, -0.2) is 18.5 Å². The van der Waals surface area contributed by atoms with Crippen molar-refractivity contribution in [3.8, 4) is 0 Å². The van der Waals surface area contributed by atoms with Crippen LogP contribution >= 0.6 is 11.6 Å². The van der Waals surface area contributed by atoms with Gasteiger partial charge in [-0.3, -0.25) is 4.79 Å². The molecular formula is C12H14ClNO3. The summed E-state index contributed by atoms with van der Waals surface area (Å²) in [6.45, 7) is 3.74. The minimum absolute atomic E-state index is 0.123. The van der Waals surface area contributed by atoms with E-state index < -0.39 is 5.97 Å². The molecule has 1 aromatic carbocycles. The van der Waals surface area contributed by atoms with Gasteiger partial charge in [-0.15, -0.1) is 0 Å². The Bertz CT molecular complexity index is 432. The molecule has 0 aliphatic rings. The lowest BCUT2D eigenvalue weighted by molar-refractivity contribution is -0.115. The summed E-state index contributed by atoms with van der Waals surface area (Å²) >= 11 is 5.88. The highest BCUT2D eigenvalue weighted by Crippen LogP contribution is 2.21. The van der Waals surface area contributed by atoms with E-state index in [-0.39, 0.29) is 18.1 Å². The lowest BCUT2D eigenvalue weighted by atomic mass is 10.2. The number of amides is 1. The molecule has 0 atom stereocenters. The van der Waals surface area contributed by atoms with Crippen LogP contribution in [0.4, 0.5) is 5.69 Å². The van der Waals surface area contributed by atoms with Crippen LogP contribution in [0.1, 0.15) is 30.6 Å². The van der Waals surface area contributed by atoms with E-state index in [1.165, 1.54) is 6.07 Å². The van der Waals surface area contributed by atoms with Crippen molar-refractivity contribution in [2.24, 2.45) is 0 Å². The Balaban J connectivity index is 2.94. The zero-order valence-electron chi connectivity index (χ0n) is 9.75. The summed E-state index contributed by atoms with van der Waals surface area (Å²) in [4.78, 5) is 22.8. The molecule has 0 aliphatic heterocycles. The van der Waals surface area contributed by atoms with Gasteiger partial charge in [0.25, 0.3) is 0 Å². The van der Waals surface area contributed by atoms with Crippen LogP contribution < -0.4 is 5.32 Å². The van der Waals surface area contributed by atoms with Gasteiger partial charge in [0.1, 0.15) is 0 Å². The Morgan fingerprint density at radius 2 is 2.06 bits per heavy atom. The van der Waals surface area contributed by atoms with E-state index in [9.17, 15) is 9.59 Å². The van der Waals surface area contributed by atoms with Gasteiger partial charge in [-0.05, 0) is 25.1 Å². The fourth-order valence-corrected chi connectivity index (χ4v) is 1.41. The first-order chi connectivity index (χ1) is 8.08. The van der Waals surface area contributed by atoms with Gasteiger partial charge in [-0.1, -0.05) is 18.5 Å². The first-order valence-corrected chi connectivity index (χ1v) is 5.72. The number of anilines is 1. The van der Waals surface area contributed by atoms with Crippen LogP contribution in [0, 0.1) is 0 Å². The minimum atomic E-state index is -0.495. The van der Waals surface area contributed by atoms with Crippen molar-refractivity contribution < 1.29 is 14.3 Å². The highest BCUT2D eigenvalue weighted by Gasteiger charge is 2.12. The zero-order valence-corrected chi connectivity index (χ0v) is 10.5. The van der Waals surface area contributed by atoms with Crippen molar-refractivity contribution in [1.29, 1.82) is 0 Å². The number of hydrogen-bond acceptors (Lipinski definition) is 3. The van der Waals surface area contributed by atoms with Gasteiger partial charge in [-0.25, -0.2) is 4.79 Å². The second-order valence-electron chi connectivity index (χ2n) is 3.32. The maximum Gasteiger partial charge on any atom is 0.339 e. The summed E-state index contributed by atoms with van der Waals surface area (Å²) in [5, 5.41) is 2.95. The lowest BCUT2D eigenvalue weighted by Gasteiger charge is -2.08. The summed E-state index contributed by atoms with van der Waals surface area (Å²) in [5.41, 5.74) is 0.784. The molecule has 0 saturated heterocycles. The van der Waals surface area contributed by atoms with E-state index in [1.54, 1.807) is 26.0 Å². The van der Waals surface area contributed by atoms with Gasteiger partial charge in [0, 0.05) is 12.1 Å². The van der Waals surface area contributed by atoms with Crippen molar-refractivity contribution in [1.82, 2.24) is 0 Å². The van der Waals surface area contributed by atoms with Gasteiger partial charge in [-0.2, -0.15) is 0 Å². The largest absolute Gasteiger partial charge is 0.462 e. The summed E-state index contributed by atoms with van der Waals surface area (Å²) in [6, 6.07) is 4.70. The first-order valence-electron chi connectivity index (χ1n) is 5.35. The van der Waals surface area contributed by atoms with Gasteiger partial charge < -0.3 is 10.1 Å². The monoisotopic (exact) mass is 255 g/mol. The van der Waals surface area contributed by atoms with Crippen LogP contribution in [-0.2, 0) is 9.53 Å². The number of rotatable bonds is 4. The maximum atomic E-state index is 11.6.